The maximum atomic E-state index is 6.08. The highest BCUT2D eigenvalue weighted by Gasteiger charge is 2.14. The third-order valence-corrected chi connectivity index (χ3v) is 3.58. The van der Waals surface area contributed by atoms with Crippen molar-refractivity contribution >= 4 is 11.8 Å². The van der Waals surface area contributed by atoms with Crippen LogP contribution in [-0.2, 0) is 0 Å². The van der Waals surface area contributed by atoms with Crippen molar-refractivity contribution in [2.45, 2.75) is 57.1 Å². The largest absolute Gasteiger partial charge is 0.489 e. The molecule has 0 aliphatic carbocycles. The van der Waals surface area contributed by atoms with Crippen LogP contribution in [0, 0.1) is 0 Å². The lowest BCUT2D eigenvalue weighted by Gasteiger charge is -2.26. The van der Waals surface area contributed by atoms with Gasteiger partial charge in [0.2, 0.25) is 0 Å². The topological polar surface area (TPSA) is 21.3 Å². The summed E-state index contributed by atoms with van der Waals surface area (Å²) in [7, 11) is 0. The van der Waals surface area contributed by atoms with E-state index in [4.69, 9.17) is 4.74 Å². The minimum atomic E-state index is 0.137. The molecule has 1 aromatic carbocycles. The highest BCUT2D eigenvalue weighted by molar-refractivity contribution is 7.98. The zero-order valence-corrected chi connectivity index (χ0v) is 13.6. The molecular formula is C16H27NOS. The first kappa shape index (κ1) is 16.4. The Morgan fingerprint density at radius 1 is 1.21 bits per heavy atom. The van der Waals surface area contributed by atoms with E-state index in [0.29, 0.717) is 0 Å². The lowest BCUT2D eigenvalue weighted by atomic mass is 10.1. The number of hydrogen-bond donors (Lipinski definition) is 1. The van der Waals surface area contributed by atoms with Gasteiger partial charge >= 0.3 is 0 Å². The minimum Gasteiger partial charge on any atom is -0.489 e. The Labute approximate surface area is 122 Å². The van der Waals surface area contributed by atoms with Crippen LogP contribution >= 0.6 is 11.8 Å². The van der Waals surface area contributed by atoms with Gasteiger partial charge in [0.05, 0.1) is 0 Å². The van der Waals surface area contributed by atoms with Crippen molar-refractivity contribution in [2.75, 3.05) is 12.8 Å². The van der Waals surface area contributed by atoms with E-state index in [0.717, 1.165) is 25.1 Å². The minimum absolute atomic E-state index is 0.137. The second-order valence-electron chi connectivity index (χ2n) is 5.83. The molecule has 0 fully saturated rings. The van der Waals surface area contributed by atoms with Gasteiger partial charge in [0.15, 0.2) is 0 Å². The van der Waals surface area contributed by atoms with Crippen LogP contribution in [0.25, 0.3) is 0 Å². The molecule has 0 heterocycles. The summed E-state index contributed by atoms with van der Waals surface area (Å²) < 4.78 is 6.08. The average molecular weight is 281 g/mol. The predicted molar refractivity (Wildman–Crippen MR) is 85.3 cm³/mol. The van der Waals surface area contributed by atoms with Crippen molar-refractivity contribution in [1.29, 1.82) is 0 Å². The molecule has 19 heavy (non-hydrogen) atoms. The van der Waals surface area contributed by atoms with Crippen molar-refractivity contribution < 1.29 is 4.74 Å². The van der Waals surface area contributed by atoms with E-state index in [2.05, 4.69) is 63.5 Å². The maximum absolute atomic E-state index is 6.08. The summed E-state index contributed by atoms with van der Waals surface area (Å²) in [6, 6.07) is 8.34. The number of nitrogens with one attached hydrogen (secondary N) is 1. The molecule has 1 unspecified atom stereocenters. The van der Waals surface area contributed by atoms with Gasteiger partial charge in [-0.25, -0.2) is 0 Å². The van der Waals surface area contributed by atoms with Crippen molar-refractivity contribution in [3.05, 3.63) is 24.3 Å². The number of ether oxygens (including phenoxy) is 1. The van der Waals surface area contributed by atoms with Crippen molar-refractivity contribution in [3.8, 4) is 5.75 Å². The maximum Gasteiger partial charge on any atom is 0.119 e. The molecule has 0 bridgehead atoms. The van der Waals surface area contributed by atoms with Gasteiger partial charge in [0.1, 0.15) is 11.9 Å². The number of rotatable bonds is 7. The molecule has 2 nitrogen and oxygen atoms in total. The molecule has 3 heteroatoms. The second-order valence-corrected chi connectivity index (χ2v) is 6.71. The van der Waals surface area contributed by atoms with Gasteiger partial charge in [0, 0.05) is 17.0 Å². The summed E-state index contributed by atoms with van der Waals surface area (Å²) in [6.07, 6.45) is 4.54. The SMILES string of the molecule is CCCC(CNC(C)(C)C)Oc1ccc(SC)cc1. The third kappa shape index (κ3) is 6.88. The molecule has 0 saturated heterocycles. The van der Waals surface area contributed by atoms with Crippen LogP contribution in [0.3, 0.4) is 0 Å². The van der Waals surface area contributed by atoms with E-state index in [1.54, 1.807) is 11.8 Å². The molecule has 0 amide bonds. The lowest BCUT2D eigenvalue weighted by molar-refractivity contribution is 0.175. The normalized spacial score (nSPS) is 13.3. The van der Waals surface area contributed by atoms with Crippen molar-refractivity contribution in [3.63, 3.8) is 0 Å². The van der Waals surface area contributed by atoms with Crippen LogP contribution < -0.4 is 10.1 Å². The van der Waals surface area contributed by atoms with Gasteiger partial charge in [-0.2, -0.15) is 0 Å². The van der Waals surface area contributed by atoms with Gasteiger partial charge in [-0.3, -0.25) is 0 Å². The molecule has 1 N–H and O–H groups in total. The Kier molecular flexibility index (Phi) is 6.73. The molecule has 1 rings (SSSR count). The third-order valence-electron chi connectivity index (χ3n) is 2.83. The standard InChI is InChI=1S/C16H27NOS/c1-6-7-14(12-17-16(2,3)4)18-13-8-10-15(19-5)11-9-13/h8-11,14,17H,6-7,12H2,1-5H3. The van der Waals surface area contributed by atoms with Crippen LogP contribution in [0.1, 0.15) is 40.5 Å². The Hall–Kier alpha value is -0.670. The number of thioether (sulfide) groups is 1. The summed E-state index contributed by atoms with van der Waals surface area (Å²) >= 11 is 1.75. The van der Waals surface area contributed by atoms with Crippen molar-refractivity contribution in [2.24, 2.45) is 0 Å². The smallest absolute Gasteiger partial charge is 0.119 e. The van der Waals surface area contributed by atoms with Gasteiger partial charge in [-0.15, -0.1) is 11.8 Å². The first-order valence-electron chi connectivity index (χ1n) is 7.00. The first-order valence-corrected chi connectivity index (χ1v) is 8.23. The Morgan fingerprint density at radius 3 is 2.32 bits per heavy atom. The second kappa shape index (κ2) is 7.81. The summed E-state index contributed by atoms with van der Waals surface area (Å²) in [5, 5.41) is 3.52. The first-order chi connectivity index (χ1) is 8.94. The lowest BCUT2D eigenvalue weighted by Crippen LogP contribution is -2.42. The highest BCUT2D eigenvalue weighted by Crippen LogP contribution is 2.20. The fourth-order valence-corrected chi connectivity index (χ4v) is 2.20. The monoisotopic (exact) mass is 281 g/mol. The van der Waals surface area contributed by atoms with Crippen LogP contribution in [0.15, 0.2) is 29.2 Å². The van der Waals surface area contributed by atoms with Gasteiger partial charge in [0.25, 0.3) is 0 Å². The molecule has 0 radical (unpaired) electrons. The van der Waals surface area contributed by atoms with E-state index in [1.165, 1.54) is 4.90 Å². The zero-order chi connectivity index (χ0) is 14.3. The van der Waals surface area contributed by atoms with Crippen LogP contribution in [-0.4, -0.2) is 24.4 Å². The summed E-state index contributed by atoms with van der Waals surface area (Å²) in [6.45, 7) is 9.64. The summed E-state index contributed by atoms with van der Waals surface area (Å²) in [5.41, 5.74) is 0.137. The van der Waals surface area contributed by atoms with Gasteiger partial charge in [-0.05, 0) is 57.7 Å². The molecular weight excluding hydrogens is 254 g/mol. The van der Waals surface area contributed by atoms with Gasteiger partial charge < -0.3 is 10.1 Å². The highest BCUT2D eigenvalue weighted by atomic mass is 32.2. The Bertz CT molecular complexity index is 356. The summed E-state index contributed by atoms with van der Waals surface area (Å²) in [5.74, 6) is 0.965. The molecule has 0 aliphatic heterocycles. The zero-order valence-electron chi connectivity index (χ0n) is 12.8. The molecule has 0 spiro atoms. The van der Waals surface area contributed by atoms with E-state index in [1.807, 2.05) is 0 Å². The van der Waals surface area contributed by atoms with E-state index in [-0.39, 0.29) is 11.6 Å². The fourth-order valence-electron chi connectivity index (χ4n) is 1.79. The van der Waals surface area contributed by atoms with E-state index < -0.39 is 0 Å². The molecule has 1 atom stereocenters. The molecule has 0 aliphatic rings. The molecule has 1 aromatic rings. The number of benzene rings is 1. The van der Waals surface area contributed by atoms with Gasteiger partial charge in [-0.1, -0.05) is 13.3 Å². The van der Waals surface area contributed by atoms with Crippen molar-refractivity contribution in [1.82, 2.24) is 5.32 Å². The predicted octanol–water partition coefficient (Wildman–Crippen LogP) is 4.34. The Morgan fingerprint density at radius 2 is 1.84 bits per heavy atom. The summed E-state index contributed by atoms with van der Waals surface area (Å²) in [4.78, 5) is 1.27. The molecule has 0 saturated carbocycles. The van der Waals surface area contributed by atoms with Crippen LogP contribution in [0.5, 0.6) is 5.75 Å². The number of hydrogen-bond acceptors (Lipinski definition) is 3. The Balaban J connectivity index is 2.56. The van der Waals surface area contributed by atoms with Crippen LogP contribution in [0.4, 0.5) is 0 Å². The molecule has 0 aromatic heterocycles. The molecule has 108 valence electrons. The quantitative estimate of drug-likeness (QED) is 0.751. The fraction of sp³-hybridized carbons (Fsp3) is 0.625. The van der Waals surface area contributed by atoms with E-state index in [9.17, 15) is 0 Å². The van der Waals surface area contributed by atoms with Crippen LogP contribution in [0.2, 0.25) is 0 Å². The van der Waals surface area contributed by atoms with E-state index >= 15 is 0 Å². The average Bonchev–Trinajstić information content (AvgIpc) is 2.36.